The van der Waals surface area contributed by atoms with E-state index in [-0.39, 0.29) is 48.0 Å². The maximum atomic E-state index is 14.6. The average molecular weight is 717 g/mol. The second kappa shape index (κ2) is 16.4. The van der Waals surface area contributed by atoms with Gasteiger partial charge < -0.3 is 29.7 Å². The van der Waals surface area contributed by atoms with E-state index in [1.54, 1.807) is 17.1 Å². The van der Waals surface area contributed by atoms with Crippen LogP contribution in [0.25, 0.3) is 0 Å². The summed E-state index contributed by atoms with van der Waals surface area (Å²) < 4.78 is 12.8. The van der Waals surface area contributed by atoms with Crippen molar-refractivity contribution in [3.05, 3.63) is 61.2 Å². The minimum Gasteiger partial charge on any atom is -0.455 e. The molecule has 8 atom stereocenters. The Kier molecular flexibility index (Phi) is 12.8. The number of halogens is 1. The number of amides is 3. The van der Waals surface area contributed by atoms with E-state index in [4.69, 9.17) is 9.47 Å². The molecule has 1 unspecified atom stereocenters. The van der Waals surface area contributed by atoms with Crippen LogP contribution in [0.1, 0.15) is 71.0 Å². The molecule has 1 aromatic rings. The van der Waals surface area contributed by atoms with Crippen LogP contribution in [0, 0.1) is 17.8 Å². The zero-order valence-electron chi connectivity index (χ0n) is 27.8. The Bertz CT molecular complexity index is 1290. The van der Waals surface area contributed by atoms with Gasteiger partial charge in [0.1, 0.15) is 17.7 Å². The van der Waals surface area contributed by atoms with Crippen molar-refractivity contribution in [2.75, 3.05) is 26.2 Å². The molecule has 0 saturated carbocycles. The number of fused-ring (bicyclic) bond motifs is 1. The lowest BCUT2D eigenvalue weighted by Gasteiger charge is -2.39. The lowest BCUT2D eigenvalue weighted by atomic mass is 9.70. The van der Waals surface area contributed by atoms with Crippen LogP contribution in [0.3, 0.4) is 0 Å². The smallest absolute Gasteiger partial charge is 0.313 e. The Balaban J connectivity index is 1.71. The van der Waals surface area contributed by atoms with E-state index in [0.29, 0.717) is 37.9 Å². The zero-order chi connectivity index (χ0) is 34.3. The third-order valence-electron chi connectivity index (χ3n) is 9.51. The maximum Gasteiger partial charge on any atom is 0.313 e. The Morgan fingerprint density at radius 3 is 2.57 bits per heavy atom. The summed E-state index contributed by atoms with van der Waals surface area (Å²) in [6.07, 6.45) is 5.08. The molecular weight excluding hydrogens is 666 g/mol. The van der Waals surface area contributed by atoms with Gasteiger partial charge in [-0.25, -0.2) is 0 Å². The molecule has 3 fully saturated rings. The first-order chi connectivity index (χ1) is 22.5. The number of aliphatic hydroxyl groups is 1. The highest BCUT2D eigenvalue weighted by molar-refractivity contribution is 9.09. The molecule has 4 rings (SSSR count). The van der Waals surface area contributed by atoms with Gasteiger partial charge in [-0.3, -0.25) is 19.2 Å². The van der Waals surface area contributed by atoms with Gasteiger partial charge in [-0.1, -0.05) is 85.6 Å². The van der Waals surface area contributed by atoms with Crippen molar-refractivity contribution in [3.8, 4) is 0 Å². The number of benzene rings is 1. The minimum atomic E-state index is -1.28. The van der Waals surface area contributed by atoms with Crippen molar-refractivity contribution < 1.29 is 33.8 Å². The van der Waals surface area contributed by atoms with E-state index in [1.807, 2.05) is 51.1 Å². The van der Waals surface area contributed by atoms with Crippen molar-refractivity contribution >= 4 is 39.6 Å². The van der Waals surface area contributed by atoms with Crippen LogP contribution < -0.4 is 5.32 Å². The molecule has 3 aliphatic rings. The molecule has 0 aliphatic carbocycles. The fourth-order valence-corrected chi connectivity index (χ4v) is 8.38. The van der Waals surface area contributed by atoms with Crippen LogP contribution >= 0.6 is 15.9 Å². The predicted molar refractivity (Wildman–Crippen MR) is 182 cm³/mol. The number of likely N-dealkylation sites (tertiary alicyclic amines) is 1. The maximum absolute atomic E-state index is 14.6. The molecule has 1 spiro atoms. The first kappa shape index (κ1) is 36.8. The normalized spacial score (nSPS) is 27.3. The second-order valence-corrected chi connectivity index (χ2v) is 14.4. The summed E-state index contributed by atoms with van der Waals surface area (Å²) in [5, 5.41) is 13.4. The Morgan fingerprint density at radius 2 is 1.96 bits per heavy atom. The molecule has 10 nitrogen and oxygen atoms in total. The number of carbonyl (C=O) groups is 4. The monoisotopic (exact) mass is 715 g/mol. The van der Waals surface area contributed by atoms with Crippen LogP contribution in [0.2, 0.25) is 0 Å². The van der Waals surface area contributed by atoms with E-state index in [9.17, 15) is 24.3 Å². The van der Waals surface area contributed by atoms with Gasteiger partial charge in [0.25, 0.3) is 0 Å². The van der Waals surface area contributed by atoms with Crippen molar-refractivity contribution in [1.29, 1.82) is 0 Å². The average Bonchev–Trinajstić information content (AvgIpc) is 3.65. The molecule has 2 N–H and O–H groups in total. The SMILES string of the molecule is C=CCCC(=O)NC[C@H](OC(=O)[C@@H]1[C@H]2O[C@@]3(CC2Br)[C@H](C(=O)N(CC=C)CCCC)N([C@@H](CO)CC(C)C)C(=O)[C@@H]13)c1ccccc1. The Hall–Kier alpha value is -3.02. The van der Waals surface area contributed by atoms with Crippen LogP contribution in [-0.2, 0) is 28.7 Å². The summed E-state index contributed by atoms with van der Waals surface area (Å²) >= 11 is 3.72. The number of esters is 1. The number of carbonyl (C=O) groups excluding carboxylic acids is 4. The minimum absolute atomic E-state index is 0.0492. The summed E-state index contributed by atoms with van der Waals surface area (Å²) in [6, 6.07) is 7.48. The highest BCUT2D eigenvalue weighted by atomic mass is 79.9. The second-order valence-electron chi connectivity index (χ2n) is 13.3. The highest BCUT2D eigenvalue weighted by Crippen LogP contribution is 2.61. The quantitative estimate of drug-likeness (QED) is 0.132. The number of unbranched alkanes of at least 4 members (excludes halogenated alkanes) is 1. The summed E-state index contributed by atoms with van der Waals surface area (Å²) in [6.45, 7) is 14.1. The number of aliphatic hydroxyl groups excluding tert-OH is 1. The van der Waals surface area contributed by atoms with E-state index in [2.05, 4.69) is 34.4 Å². The topological polar surface area (TPSA) is 125 Å². The fourth-order valence-electron chi connectivity index (χ4n) is 7.44. The number of nitrogens with zero attached hydrogens (tertiary/aromatic N) is 2. The van der Waals surface area contributed by atoms with Gasteiger partial charge in [0.2, 0.25) is 17.7 Å². The van der Waals surface area contributed by atoms with Gasteiger partial charge in [0.15, 0.2) is 0 Å². The van der Waals surface area contributed by atoms with Gasteiger partial charge in [-0.15, -0.1) is 13.2 Å². The number of alkyl halides is 1. The van der Waals surface area contributed by atoms with E-state index in [1.165, 1.54) is 4.90 Å². The molecule has 1 aromatic carbocycles. The summed E-state index contributed by atoms with van der Waals surface area (Å²) in [5.41, 5.74) is -0.590. The van der Waals surface area contributed by atoms with Gasteiger partial charge >= 0.3 is 5.97 Å². The molecule has 3 saturated heterocycles. The Labute approximate surface area is 287 Å². The standard InChI is InChI=1S/C36H50BrN3O7/c1-6-9-16-28(42)38-21-27(24-14-12-11-13-15-24)46-35(45)29-30-33(43)40(25(22-41)19-23(4)5)32(36(30)20-26(37)31(29)47-36)34(44)39(17-8-3)18-10-7-2/h6,8,11-15,23,25-27,29-32,41H,1,3,7,9-10,16-22H2,2,4-5H3,(H,38,42)/t25-,26?,27+,29+,30-,31+,32+,36-/m1/s1. The number of nitrogens with one attached hydrogen (secondary N) is 1. The third-order valence-corrected chi connectivity index (χ3v) is 10.4. The van der Waals surface area contributed by atoms with Crippen molar-refractivity contribution in [3.63, 3.8) is 0 Å². The number of ether oxygens (including phenoxy) is 2. The number of hydrogen-bond acceptors (Lipinski definition) is 7. The number of allylic oxidation sites excluding steroid dienone is 1. The van der Waals surface area contributed by atoms with E-state index >= 15 is 0 Å². The van der Waals surface area contributed by atoms with Gasteiger partial charge in [-0.2, -0.15) is 0 Å². The summed E-state index contributed by atoms with van der Waals surface area (Å²) in [4.78, 5) is 58.8. The van der Waals surface area contributed by atoms with Crippen LogP contribution in [0.15, 0.2) is 55.6 Å². The first-order valence-corrected chi connectivity index (χ1v) is 17.7. The molecule has 258 valence electrons. The lowest BCUT2D eigenvalue weighted by Crippen LogP contribution is -2.59. The molecule has 11 heteroatoms. The molecule has 0 aromatic heterocycles. The van der Waals surface area contributed by atoms with Gasteiger partial charge in [0, 0.05) is 24.3 Å². The predicted octanol–water partition coefficient (Wildman–Crippen LogP) is 4.32. The number of rotatable bonds is 18. The molecule has 3 aliphatic heterocycles. The number of hydrogen-bond donors (Lipinski definition) is 2. The van der Waals surface area contributed by atoms with Crippen molar-refractivity contribution in [2.45, 2.75) is 94.0 Å². The first-order valence-electron chi connectivity index (χ1n) is 16.8. The summed E-state index contributed by atoms with van der Waals surface area (Å²) in [5.74, 6) is -3.30. The van der Waals surface area contributed by atoms with E-state index < -0.39 is 47.7 Å². The van der Waals surface area contributed by atoms with Crippen molar-refractivity contribution in [2.24, 2.45) is 17.8 Å². The van der Waals surface area contributed by atoms with Crippen LogP contribution in [0.4, 0.5) is 0 Å². The van der Waals surface area contributed by atoms with Crippen LogP contribution in [0.5, 0.6) is 0 Å². The fraction of sp³-hybridized carbons (Fsp3) is 0.611. The lowest BCUT2D eigenvalue weighted by molar-refractivity contribution is -0.161. The third kappa shape index (κ3) is 7.67. The molecule has 0 radical (unpaired) electrons. The largest absolute Gasteiger partial charge is 0.455 e. The summed E-state index contributed by atoms with van der Waals surface area (Å²) in [7, 11) is 0. The molecular formula is C36H50BrN3O7. The zero-order valence-corrected chi connectivity index (χ0v) is 29.4. The molecule has 3 amide bonds. The highest BCUT2D eigenvalue weighted by Gasteiger charge is 2.77. The van der Waals surface area contributed by atoms with Crippen LogP contribution in [-0.4, -0.2) is 93.5 Å². The molecule has 47 heavy (non-hydrogen) atoms. The molecule has 3 heterocycles. The van der Waals surface area contributed by atoms with E-state index in [0.717, 1.165) is 12.8 Å². The molecule has 2 bridgehead atoms. The van der Waals surface area contributed by atoms with Crippen molar-refractivity contribution in [1.82, 2.24) is 15.1 Å². The Morgan fingerprint density at radius 1 is 1.23 bits per heavy atom. The van der Waals surface area contributed by atoms with Gasteiger partial charge in [-0.05, 0) is 37.2 Å². The van der Waals surface area contributed by atoms with Gasteiger partial charge in [0.05, 0.1) is 37.1 Å².